The highest BCUT2D eigenvalue weighted by Crippen LogP contribution is 2.33. The second-order valence-electron chi connectivity index (χ2n) is 10.7. The summed E-state index contributed by atoms with van der Waals surface area (Å²) in [5.41, 5.74) is 3.82. The van der Waals surface area contributed by atoms with Crippen LogP contribution in [0.15, 0.2) is 53.5 Å². The lowest BCUT2D eigenvalue weighted by molar-refractivity contribution is -0.137. The topological polar surface area (TPSA) is 113 Å². The molecule has 1 aliphatic rings. The zero-order valence-corrected chi connectivity index (χ0v) is 25.4. The van der Waals surface area contributed by atoms with Crippen LogP contribution in [0, 0.1) is 6.92 Å². The molecule has 42 heavy (non-hydrogen) atoms. The van der Waals surface area contributed by atoms with Crippen molar-refractivity contribution >= 4 is 50.2 Å². The standard InChI is InChI=1S/C30H31BrFN7O3/c1-17(40)24-15-38(25-8-19(13-37(3)4)22(10-23(24)25)20-11-33-18(2)34-12-20)16-29(41)39-14-21(32)9-26(39)30(42)36-28-7-5-6-27(31)35-28/h5-8,10-12,15,21,26H,9,13-14,16H2,1-4H3,(H,35,36,42)/t21-,26+/m1/s1. The van der Waals surface area contributed by atoms with Crippen molar-refractivity contribution in [2.75, 3.05) is 26.0 Å². The Morgan fingerprint density at radius 2 is 1.90 bits per heavy atom. The molecule has 4 aromatic rings. The molecule has 10 nitrogen and oxygen atoms in total. The first-order chi connectivity index (χ1) is 20.0. The quantitative estimate of drug-likeness (QED) is 0.225. The maximum Gasteiger partial charge on any atom is 0.248 e. The van der Waals surface area contributed by atoms with Crippen LogP contribution in [-0.2, 0) is 22.7 Å². The van der Waals surface area contributed by atoms with Crippen molar-refractivity contribution in [2.45, 2.75) is 45.6 Å². The molecular formula is C30H31BrFN7O3. The number of Topliss-reactive ketones (excluding diaryl/α,β-unsaturated/α-hetero) is 1. The molecule has 1 saturated heterocycles. The number of benzene rings is 1. The maximum atomic E-state index is 14.6. The Morgan fingerprint density at radius 1 is 1.17 bits per heavy atom. The molecular weight excluding hydrogens is 605 g/mol. The third kappa shape index (κ3) is 6.24. The Bertz CT molecular complexity index is 1670. The number of halogens is 2. The highest BCUT2D eigenvalue weighted by Gasteiger charge is 2.40. The lowest BCUT2D eigenvalue weighted by Crippen LogP contribution is -2.44. The predicted octanol–water partition coefficient (Wildman–Crippen LogP) is 4.41. The highest BCUT2D eigenvalue weighted by molar-refractivity contribution is 9.10. The number of hydrogen-bond donors (Lipinski definition) is 1. The summed E-state index contributed by atoms with van der Waals surface area (Å²) in [5.74, 6) is -0.125. The number of alkyl halides is 1. The molecule has 1 aliphatic heterocycles. The smallest absolute Gasteiger partial charge is 0.248 e. The molecule has 3 aromatic heterocycles. The van der Waals surface area contributed by atoms with Gasteiger partial charge in [-0.2, -0.15) is 0 Å². The van der Waals surface area contributed by atoms with Crippen LogP contribution in [0.2, 0.25) is 0 Å². The van der Waals surface area contributed by atoms with Crippen LogP contribution in [0.4, 0.5) is 10.2 Å². The van der Waals surface area contributed by atoms with Crippen LogP contribution in [0.3, 0.4) is 0 Å². The van der Waals surface area contributed by atoms with Crippen LogP contribution in [0.5, 0.6) is 0 Å². The van der Waals surface area contributed by atoms with E-state index in [-0.39, 0.29) is 25.3 Å². The zero-order chi connectivity index (χ0) is 30.1. The normalized spacial score (nSPS) is 16.8. The summed E-state index contributed by atoms with van der Waals surface area (Å²) in [4.78, 5) is 55.6. The second-order valence-corrected chi connectivity index (χ2v) is 11.6. The number of amides is 2. The van der Waals surface area contributed by atoms with Crippen LogP contribution >= 0.6 is 15.9 Å². The van der Waals surface area contributed by atoms with E-state index in [9.17, 15) is 18.8 Å². The average molecular weight is 637 g/mol. The number of nitrogens with one attached hydrogen (secondary N) is 1. The van der Waals surface area contributed by atoms with Gasteiger partial charge >= 0.3 is 0 Å². The predicted molar refractivity (Wildman–Crippen MR) is 161 cm³/mol. The molecule has 1 N–H and O–H groups in total. The van der Waals surface area contributed by atoms with Gasteiger partial charge in [0.15, 0.2) is 5.78 Å². The number of likely N-dealkylation sites (tertiary alicyclic amines) is 1. The SMILES string of the molecule is CC(=O)c1cn(CC(=O)N2C[C@H](F)C[C@H]2C(=O)Nc2cccc(Br)n2)c2cc(CN(C)C)c(-c3cnc(C)nc3)cc12. The number of rotatable bonds is 8. The van der Waals surface area contributed by atoms with E-state index >= 15 is 0 Å². The molecule has 0 saturated carbocycles. The first kappa shape index (κ1) is 29.5. The second kappa shape index (κ2) is 12.1. The number of nitrogens with zero attached hydrogens (tertiary/aromatic N) is 6. The molecule has 1 fully saturated rings. The lowest BCUT2D eigenvalue weighted by Gasteiger charge is -2.24. The first-order valence-electron chi connectivity index (χ1n) is 13.5. The number of carbonyl (C=O) groups excluding carboxylic acids is 3. The van der Waals surface area contributed by atoms with Gasteiger partial charge in [-0.1, -0.05) is 6.07 Å². The molecule has 12 heteroatoms. The lowest BCUT2D eigenvalue weighted by atomic mass is 9.97. The fourth-order valence-electron chi connectivity index (χ4n) is 5.30. The fraction of sp³-hybridized carbons (Fsp3) is 0.333. The molecule has 4 heterocycles. The van der Waals surface area contributed by atoms with Crippen molar-refractivity contribution in [3.05, 3.63) is 70.5 Å². The average Bonchev–Trinajstić information content (AvgIpc) is 3.49. The van der Waals surface area contributed by atoms with Gasteiger partial charge in [-0.25, -0.2) is 19.3 Å². The van der Waals surface area contributed by atoms with Gasteiger partial charge in [0.05, 0.1) is 6.54 Å². The van der Waals surface area contributed by atoms with Crippen molar-refractivity contribution in [3.63, 3.8) is 0 Å². The van der Waals surface area contributed by atoms with E-state index < -0.39 is 24.0 Å². The molecule has 0 radical (unpaired) electrons. The molecule has 1 aromatic carbocycles. The van der Waals surface area contributed by atoms with Crippen molar-refractivity contribution in [2.24, 2.45) is 0 Å². The maximum absolute atomic E-state index is 14.6. The number of carbonyl (C=O) groups is 3. The van der Waals surface area contributed by atoms with E-state index in [4.69, 9.17) is 0 Å². The first-order valence-corrected chi connectivity index (χ1v) is 14.3. The minimum Gasteiger partial charge on any atom is -0.337 e. The largest absolute Gasteiger partial charge is 0.337 e. The van der Waals surface area contributed by atoms with Gasteiger partial charge in [-0.3, -0.25) is 14.4 Å². The summed E-state index contributed by atoms with van der Waals surface area (Å²) >= 11 is 3.27. The van der Waals surface area contributed by atoms with Crippen LogP contribution in [-0.4, -0.2) is 79.8 Å². The molecule has 5 rings (SSSR count). The van der Waals surface area contributed by atoms with E-state index in [0.717, 1.165) is 16.7 Å². The summed E-state index contributed by atoms with van der Waals surface area (Å²) in [7, 11) is 3.91. The number of anilines is 1. The van der Waals surface area contributed by atoms with Crippen molar-refractivity contribution in [1.82, 2.24) is 29.3 Å². The van der Waals surface area contributed by atoms with Crippen molar-refractivity contribution in [1.29, 1.82) is 0 Å². The van der Waals surface area contributed by atoms with Crippen molar-refractivity contribution < 1.29 is 18.8 Å². The van der Waals surface area contributed by atoms with Crippen LogP contribution in [0.1, 0.15) is 35.1 Å². The Labute approximate surface area is 251 Å². The van der Waals surface area contributed by atoms with Gasteiger partial charge in [0, 0.05) is 53.6 Å². The van der Waals surface area contributed by atoms with Crippen molar-refractivity contribution in [3.8, 4) is 11.1 Å². The Kier molecular flexibility index (Phi) is 8.46. The summed E-state index contributed by atoms with van der Waals surface area (Å²) in [6.45, 7) is 3.54. The van der Waals surface area contributed by atoms with Gasteiger partial charge < -0.3 is 19.7 Å². The molecule has 0 bridgehead atoms. The van der Waals surface area contributed by atoms with Crippen LogP contribution < -0.4 is 5.32 Å². The number of hydrogen-bond acceptors (Lipinski definition) is 7. The van der Waals surface area contributed by atoms with Gasteiger partial charge in [-0.05, 0) is 79.3 Å². The molecule has 2 atom stereocenters. The minimum atomic E-state index is -1.33. The molecule has 0 spiro atoms. The number of aromatic nitrogens is 4. The Morgan fingerprint density at radius 3 is 2.57 bits per heavy atom. The number of fused-ring (bicyclic) bond motifs is 1. The Hall–Kier alpha value is -4.03. The van der Waals surface area contributed by atoms with Gasteiger partial charge in [-0.15, -0.1) is 0 Å². The summed E-state index contributed by atoms with van der Waals surface area (Å²) < 4.78 is 16.8. The summed E-state index contributed by atoms with van der Waals surface area (Å²) in [6.07, 6.45) is 3.73. The number of aryl methyl sites for hydroxylation is 1. The zero-order valence-electron chi connectivity index (χ0n) is 23.8. The van der Waals surface area contributed by atoms with E-state index in [1.807, 2.05) is 38.1 Å². The van der Waals surface area contributed by atoms with Gasteiger partial charge in [0.2, 0.25) is 11.8 Å². The highest BCUT2D eigenvalue weighted by atomic mass is 79.9. The van der Waals surface area contributed by atoms with Gasteiger partial charge in [0.25, 0.3) is 0 Å². The third-order valence-corrected chi connectivity index (χ3v) is 7.65. The summed E-state index contributed by atoms with van der Waals surface area (Å²) in [6, 6.07) is 7.97. The monoisotopic (exact) mass is 635 g/mol. The van der Waals surface area contributed by atoms with E-state index in [0.29, 0.717) is 39.3 Å². The van der Waals surface area contributed by atoms with Gasteiger partial charge in [0.1, 0.15) is 35.0 Å². The third-order valence-electron chi connectivity index (χ3n) is 7.21. The number of pyridine rings is 1. The minimum absolute atomic E-state index is 0.105. The number of ketones is 1. The Balaban J connectivity index is 1.49. The van der Waals surface area contributed by atoms with E-state index in [1.165, 1.54) is 11.8 Å². The molecule has 0 aliphatic carbocycles. The fourth-order valence-corrected chi connectivity index (χ4v) is 5.64. The molecule has 2 amide bonds. The summed E-state index contributed by atoms with van der Waals surface area (Å²) in [5, 5.41) is 3.37. The van der Waals surface area contributed by atoms with Crippen LogP contribution in [0.25, 0.3) is 22.0 Å². The molecule has 0 unspecified atom stereocenters. The molecule has 218 valence electrons. The van der Waals surface area contributed by atoms with E-state index in [1.54, 1.807) is 41.4 Å². The van der Waals surface area contributed by atoms with E-state index in [2.05, 4.69) is 36.2 Å².